The van der Waals surface area contributed by atoms with E-state index in [2.05, 4.69) is 6.92 Å². The summed E-state index contributed by atoms with van der Waals surface area (Å²) in [5, 5.41) is 0. The van der Waals surface area contributed by atoms with Gasteiger partial charge in [0.25, 0.3) is 5.91 Å². The van der Waals surface area contributed by atoms with Gasteiger partial charge < -0.3 is 9.64 Å². The summed E-state index contributed by atoms with van der Waals surface area (Å²) in [5.74, 6) is 0.0421. The second-order valence-corrected chi connectivity index (χ2v) is 3.81. The minimum Gasteiger partial charge on any atom is -0.369 e. The zero-order chi connectivity index (χ0) is 11.0. The average Bonchev–Trinajstić information content (AvgIpc) is 2.16. The summed E-state index contributed by atoms with van der Waals surface area (Å²) in [7, 11) is 3.50. The second kappa shape index (κ2) is 7.80. The molecule has 0 aliphatic heterocycles. The van der Waals surface area contributed by atoms with Crippen molar-refractivity contribution < 1.29 is 9.53 Å². The molecule has 0 saturated carbocycles. The fraction of sp³-hybridized carbons (Fsp3) is 0.909. The first-order valence-electron chi connectivity index (χ1n) is 5.42. The van der Waals surface area contributed by atoms with Crippen LogP contribution in [0.5, 0.6) is 0 Å². The van der Waals surface area contributed by atoms with Crippen LogP contribution in [0.4, 0.5) is 0 Å². The van der Waals surface area contributed by atoms with Crippen molar-refractivity contribution in [2.24, 2.45) is 0 Å². The fourth-order valence-corrected chi connectivity index (χ4v) is 1.22. The summed E-state index contributed by atoms with van der Waals surface area (Å²) in [5.41, 5.74) is 0. The van der Waals surface area contributed by atoms with Gasteiger partial charge in [-0.2, -0.15) is 0 Å². The Morgan fingerprint density at radius 2 is 1.93 bits per heavy atom. The van der Waals surface area contributed by atoms with Crippen LogP contribution in [0.25, 0.3) is 0 Å². The van der Waals surface area contributed by atoms with Gasteiger partial charge in [0.1, 0.15) is 6.10 Å². The van der Waals surface area contributed by atoms with Crippen molar-refractivity contribution in [3.8, 4) is 0 Å². The van der Waals surface area contributed by atoms with Crippen LogP contribution in [0, 0.1) is 0 Å². The summed E-state index contributed by atoms with van der Waals surface area (Å²) in [6.07, 6.45) is 4.43. The first kappa shape index (κ1) is 13.4. The Kier molecular flexibility index (Phi) is 7.48. The molecule has 0 aliphatic carbocycles. The maximum atomic E-state index is 11.4. The largest absolute Gasteiger partial charge is 0.369 e. The SMILES string of the molecule is CCCCCCOC(C)C(=O)N(C)C. The van der Waals surface area contributed by atoms with Gasteiger partial charge >= 0.3 is 0 Å². The van der Waals surface area contributed by atoms with E-state index in [0.717, 1.165) is 6.42 Å². The predicted molar refractivity (Wildman–Crippen MR) is 58.3 cm³/mol. The monoisotopic (exact) mass is 201 g/mol. The van der Waals surface area contributed by atoms with Crippen LogP contribution < -0.4 is 0 Å². The second-order valence-electron chi connectivity index (χ2n) is 3.81. The Morgan fingerprint density at radius 1 is 1.29 bits per heavy atom. The van der Waals surface area contributed by atoms with Crippen molar-refractivity contribution in [1.29, 1.82) is 0 Å². The Morgan fingerprint density at radius 3 is 2.43 bits per heavy atom. The van der Waals surface area contributed by atoms with E-state index < -0.39 is 0 Å². The van der Waals surface area contributed by atoms with Gasteiger partial charge in [0, 0.05) is 20.7 Å². The van der Waals surface area contributed by atoms with Crippen molar-refractivity contribution in [3.63, 3.8) is 0 Å². The van der Waals surface area contributed by atoms with Crippen molar-refractivity contribution in [1.82, 2.24) is 4.90 Å². The van der Waals surface area contributed by atoms with Gasteiger partial charge in [-0.15, -0.1) is 0 Å². The van der Waals surface area contributed by atoms with E-state index in [4.69, 9.17) is 4.74 Å². The first-order valence-corrected chi connectivity index (χ1v) is 5.42. The number of amides is 1. The molecule has 1 unspecified atom stereocenters. The summed E-state index contributed by atoms with van der Waals surface area (Å²) < 4.78 is 5.42. The van der Waals surface area contributed by atoms with Crippen molar-refractivity contribution in [2.75, 3.05) is 20.7 Å². The van der Waals surface area contributed by atoms with Crippen LogP contribution in [0.3, 0.4) is 0 Å². The Labute approximate surface area is 87.4 Å². The van der Waals surface area contributed by atoms with Gasteiger partial charge in [-0.3, -0.25) is 4.79 Å². The van der Waals surface area contributed by atoms with E-state index in [1.54, 1.807) is 19.0 Å². The molecule has 0 saturated heterocycles. The van der Waals surface area contributed by atoms with Gasteiger partial charge in [0.15, 0.2) is 0 Å². The fourth-order valence-electron chi connectivity index (χ4n) is 1.22. The molecule has 0 spiro atoms. The third kappa shape index (κ3) is 5.97. The zero-order valence-electron chi connectivity index (χ0n) is 9.88. The molecule has 84 valence electrons. The predicted octanol–water partition coefficient (Wildman–Crippen LogP) is 2.06. The number of unbranched alkanes of at least 4 members (excludes halogenated alkanes) is 3. The molecule has 1 amide bonds. The standard InChI is InChI=1S/C11H23NO2/c1-5-6-7-8-9-14-10(2)11(13)12(3)4/h10H,5-9H2,1-4H3. The minimum absolute atomic E-state index is 0.0421. The Hall–Kier alpha value is -0.570. The number of rotatable bonds is 7. The van der Waals surface area contributed by atoms with E-state index in [9.17, 15) is 4.79 Å². The molecule has 0 aromatic heterocycles. The molecule has 0 rings (SSSR count). The third-order valence-electron chi connectivity index (χ3n) is 2.15. The van der Waals surface area contributed by atoms with Crippen LogP contribution >= 0.6 is 0 Å². The molecule has 0 aromatic carbocycles. The zero-order valence-corrected chi connectivity index (χ0v) is 9.88. The molecule has 0 fully saturated rings. The van der Waals surface area contributed by atoms with Crippen LogP contribution in [0.2, 0.25) is 0 Å². The average molecular weight is 201 g/mol. The molecule has 0 bridgehead atoms. The lowest BCUT2D eigenvalue weighted by atomic mass is 10.2. The van der Waals surface area contributed by atoms with Crippen LogP contribution in [0.15, 0.2) is 0 Å². The highest BCUT2D eigenvalue weighted by molar-refractivity contribution is 5.79. The maximum absolute atomic E-state index is 11.4. The summed E-state index contributed by atoms with van der Waals surface area (Å²) in [6, 6.07) is 0. The lowest BCUT2D eigenvalue weighted by Crippen LogP contribution is -2.33. The molecule has 14 heavy (non-hydrogen) atoms. The van der Waals surface area contributed by atoms with Gasteiger partial charge in [-0.05, 0) is 13.3 Å². The minimum atomic E-state index is -0.299. The quantitative estimate of drug-likeness (QED) is 0.590. The first-order chi connectivity index (χ1) is 6.59. The van der Waals surface area contributed by atoms with Crippen LogP contribution in [-0.4, -0.2) is 37.6 Å². The lowest BCUT2D eigenvalue weighted by Gasteiger charge is -2.17. The summed E-state index contributed by atoms with van der Waals surface area (Å²) in [4.78, 5) is 12.9. The molecule has 0 radical (unpaired) electrons. The molecular weight excluding hydrogens is 178 g/mol. The number of hydrogen-bond donors (Lipinski definition) is 0. The number of nitrogens with zero attached hydrogens (tertiary/aromatic N) is 1. The molecular formula is C11H23NO2. The highest BCUT2D eigenvalue weighted by Crippen LogP contribution is 2.02. The van der Waals surface area contributed by atoms with Gasteiger partial charge in [0.2, 0.25) is 0 Å². The molecule has 0 aromatic rings. The van der Waals surface area contributed by atoms with Crippen molar-refractivity contribution in [3.05, 3.63) is 0 Å². The van der Waals surface area contributed by atoms with E-state index in [1.807, 2.05) is 6.92 Å². The summed E-state index contributed by atoms with van der Waals surface area (Å²) in [6.45, 7) is 4.68. The Balaban J connectivity index is 3.44. The summed E-state index contributed by atoms with van der Waals surface area (Å²) >= 11 is 0. The number of ether oxygens (including phenoxy) is 1. The van der Waals surface area contributed by atoms with E-state index >= 15 is 0 Å². The van der Waals surface area contributed by atoms with Gasteiger partial charge in [0.05, 0.1) is 0 Å². The number of carbonyl (C=O) groups excluding carboxylic acids is 1. The lowest BCUT2D eigenvalue weighted by molar-refractivity contribution is -0.140. The maximum Gasteiger partial charge on any atom is 0.250 e. The van der Waals surface area contributed by atoms with Crippen molar-refractivity contribution in [2.45, 2.75) is 45.6 Å². The molecule has 0 heterocycles. The van der Waals surface area contributed by atoms with Crippen LogP contribution in [0.1, 0.15) is 39.5 Å². The van der Waals surface area contributed by atoms with E-state index in [-0.39, 0.29) is 12.0 Å². The molecule has 1 atom stereocenters. The number of likely N-dealkylation sites (N-methyl/N-ethyl adjacent to an activating group) is 1. The van der Waals surface area contributed by atoms with Gasteiger partial charge in [-0.25, -0.2) is 0 Å². The van der Waals surface area contributed by atoms with Crippen LogP contribution in [-0.2, 0) is 9.53 Å². The smallest absolute Gasteiger partial charge is 0.250 e. The molecule has 3 nitrogen and oxygen atoms in total. The number of hydrogen-bond acceptors (Lipinski definition) is 2. The molecule has 0 aliphatic rings. The van der Waals surface area contributed by atoms with Gasteiger partial charge in [-0.1, -0.05) is 26.2 Å². The third-order valence-corrected chi connectivity index (χ3v) is 2.15. The van der Waals surface area contributed by atoms with Crippen molar-refractivity contribution >= 4 is 5.91 Å². The topological polar surface area (TPSA) is 29.5 Å². The van der Waals surface area contributed by atoms with E-state index in [0.29, 0.717) is 6.61 Å². The number of carbonyl (C=O) groups is 1. The molecule has 0 N–H and O–H groups in total. The highest BCUT2D eigenvalue weighted by Gasteiger charge is 2.14. The Bertz CT molecular complexity index is 157. The molecule has 3 heteroatoms. The normalized spacial score (nSPS) is 12.6. The highest BCUT2D eigenvalue weighted by atomic mass is 16.5. The van der Waals surface area contributed by atoms with E-state index in [1.165, 1.54) is 19.3 Å².